The molecule has 0 aromatic heterocycles. The molecule has 0 spiro atoms. The molecule has 1 N–H and O–H groups in total. The molecule has 0 unspecified atom stereocenters. The fourth-order valence-electron chi connectivity index (χ4n) is 2.47. The molecule has 2 heterocycles. The van der Waals surface area contributed by atoms with Gasteiger partial charge in [0, 0.05) is 44.8 Å². The van der Waals surface area contributed by atoms with Crippen LogP contribution in [0.3, 0.4) is 0 Å². The molecule has 2 rings (SSSR count). The van der Waals surface area contributed by atoms with Gasteiger partial charge in [0.25, 0.3) is 0 Å². The Kier molecular flexibility index (Phi) is 3.56. The summed E-state index contributed by atoms with van der Waals surface area (Å²) < 4.78 is 5.39. The Morgan fingerprint density at radius 3 is 2.11 bits per heavy atom. The van der Waals surface area contributed by atoms with E-state index in [9.17, 15) is 4.79 Å². The highest BCUT2D eigenvalue weighted by Crippen LogP contribution is 2.22. The van der Waals surface area contributed by atoms with E-state index in [2.05, 4.69) is 17.1 Å². The van der Waals surface area contributed by atoms with Crippen LogP contribution >= 0.6 is 0 Å². The number of amides is 1. The second-order valence-electron chi connectivity index (χ2n) is 6.55. The van der Waals surface area contributed by atoms with E-state index in [0.717, 1.165) is 39.3 Å². The van der Waals surface area contributed by atoms with Crippen molar-refractivity contribution in [3.8, 4) is 0 Å². The van der Waals surface area contributed by atoms with E-state index in [0.29, 0.717) is 5.54 Å². The van der Waals surface area contributed by atoms with Crippen LogP contribution in [0.2, 0.25) is 0 Å². The van der Waals surface area contributed by atoms with E-state index >= 15 is 0 Å². The van der Waals surface area contributed by atoms with Gasteiger partial charge in [0.05, 0.1) is 0 Å². The minimum absolute atomic E-state index is 0.181. The van der Waals surface area contributed by atoms with Gasteiger partial charge in [-0.15, -0.1) is 0 Å². The highest BCUT2D eigenvalue weighted by atomic mass is 16.6. The van der Waals surface area contributed by atoms with Crippen LogP contribution in [0.5, 0.6) is 0 Å². The maximum absolute atomic E-state index is 11.9. The Labute approximate surface area is 109 Å². The number of carbonyl (C=O) groups excluding carboxylic acids is 1. The molecule has 5 nitrogen and oxygen atoms in total. The zero-order valence-corrected chi connectivity index (χ0v) is 12.0. The maximum atomic E-state index is 11.9. The van der Waals surface area contributed by atoms with Crippen molar-refractivity contribution in [1.29, 1.82) is 0 Å². The fraction of sp³-hybridized carbons (Fsp3) is 0.923. The highest BCUT2D eigenvalue weighted by Gasteiger charge is 2.39. The summed E-state index contributed by atoms with van der Waals surface area (Å²) >= 11 is 0. The van der Waals surface area contributed by atoms with Crippen molar-refractivity contribution < 1.29 is 9.53 Å². The summed E-state index contributed by atoms with van der Waals surface area (Å²) in [4.78, 5) is 16.2. The molecular formula is C13H25N3O2. The molecule has 2 saturated heterocycles. The first-order valence-electron chi connectivity index (χ1n) is 6.74. The Morgan fingerprint density at radius 2 is 1.72 bits per heavy atom. The molecule has 2 fully saturated rings. The average molecular weight is 255 g/mol. The monoisotopic (exact) mass is 255 g/mol. The Hall–Kier alpha value is -0.810. The van der Waals surface area contributed by atoms with Crippen molar-refractivity contribution in [2.24, 2.45) is 0 Å². The molecule has 1 amide bonds. The van der Waals surface area contributed by atoms with Gasteiger partial charge in [-0.05, 0) is 27.7 Å². The van der Waals surface area contributed by atoms with Crippen LogP contribution in [-0.4, -0.2) is 66.3 Å². The number of nitrogens with one attached hydrogen (secondary N) is 1. The van der Waals surface area contributed by atoms with E-state index in [1.165, 1.54) is 0 Å². The van der Waals surface area contributed by atoms with E-state index < -0.39 is 5.60 Å². The molecule has 0 aromatic rings. The van der Waals surface area contributed by atoms with Crippen molar-refractivity contribution in [1.82, 2.24) is 15.1 Å². The van der Waals surface area contributed by atoms with Gasteiger partial charge >= 0.3 is 6.09 Å². The number of ether oxygens (including phenoxy) is 1. The second kappa shape index (κ2) is 4.70. The normalized spacial score (nSPS) is 24.6. The number of hydrogen-bond acceptors (Lipinski definition) is 4. The molecule has 0 bridgehead atoms. The predicted octanol–water partition coefficient (Wildman–Crippen LogP) is 0.901. The van der Waals surface area contributed by atoms with Gasteiger partial charge in [-0.2, -0.15) is 0 Å². The number of carbonyl (C=O) groups is 1. The van der Waals surface area contributed by atoms with Gasteiger partial charge in [0.2, 0.25) is 0 Å². The molecule has 2 aliphatic rings. The van der Waals surface area contributed by atoms with Crippen molar-refractivity contribution in [2.75, 3.05) is 39.3 Å². The van der Waals surface area contributed by atoms with Crippen LogP contribution < -0.4 is 5.32 Å². The molecular weight excluding hydrogens is 230 g/mol. The molecule has 104 valence electrons. The van der Waals surface area contributed by atoms with Crippen molar-refractivity contribution in [2.45, 2.75) is 38.8 Å². The van der Waals surface area contributed by atoms with E-state index in [1.807, 2.05) is 25.7 Å². The highest BCUT2D eigenvalue weighted by molar-refractivity contribution is 5.68. The van der Waals surface area contributed by atoms with E-state index in [1.54, 1.807) is 0 Å². The molecule has 0 aromatic carbocycles. The lowest BCUT2D eigenvalue weighted by molar-refractivity contribution is -0.0124. The molecule has 0 radical (unpaired) electrons. The SMILES string of the molecule is CC(C)(C)OC(=O)N1CCN(C2(C)CNC2)CC1. The van der Waals surface area contributed by atoms with Gasteiger partial charge in [-0.25, -0.2) is 4.79 Å². The van der Waals surface area contributed by atoms with Crippen molar-refractivity contribution in [3.63, 3.8) is 0 Å². The fourth-order valence-corrected chi connectivity index (χ4v) is 2.47. The predicted molar refractivity (Wildman–Crippen MR) is 70.7 cm³/mol. The zero-order chi connectivity index (χ0) is 13.4. The van der Waals surface area contributed by atoms with Crippen LogP contribution in [-0.2, 0) is 4.74 Å². The third-order valence-corrected chi connectivity index (χ3v) is 3.71. The lowest BCUT2D eigenvalue weighted by Gasteiger charge is -2.51. The minimum atomic E-state index is -0.405. The van der Waals surface area contributed by atoms with Crippen molar-refractivity contribution >= 4 is 6.09 Å². The number of piperazine rings is 1. The summed E-state index contributed by atoms with van der Waals surface area (Å²) in [5.74, 6) is 0. The Bertz CT molecular complexity index is 313. The van der Waals surface area contributed by atoms with Crippen LogP contribution in [0.1, 0.15) is 27.7 Å². The van der Waals surface area contributed by atoms with Gasteiger partial charge in [-0.3, -0.25) is 4.90 Å². The van der Waals surface area contributed by atoms with E-state index in [-0.39, 0.29) is 6.09 Å². The Morgan fingerprint density at radius 1 is 1.17 bits per heavy atom. The first-order chi connectivity index (χ1) is 8.30. The Balaban J connectivity index is 1.81. The molecule has 0 aliphatic carbocycles. The second-order valence-corrected chi connectivity index (χ2v) is 6.55. The smallest absolute Gasteiger partial charge is 0.410 e. The number of rotatable bonds is 1. The standard InChI is InChI=1S/C13H25N3O2/c1-12(2,3)18-11(17)15-5-7-16(8-6-15)13(4)9-14-10-13/h14H,5-10H2,1-4H3. The topological polar surface area (TPSA) is 44.8 Å². The number of nitrogens with zero attached hydrogens (tertiary/aromatic N) is 2. The number of hydrogen-bond donors (Lipinski definition) is 1. The van der Waals surface area contributed by atoms with Gasteiger partial charge in [0.15, 0.2) is 0 Å². The van der Waals surface area contributed by atoms with E-state index in [4.69, 9.17) is 4.74 Å². The van der Waals surface area contributed by atoms with Crippen LogP contribution in [0.15, 0.2) is 0 Å². The van der Waals surface area contributed by atoms with Gasteiger partial charge in [-0.1, -0.05) is 0 Å². The molecule has 0 saturated carbocycles. The van der Waals surface area contributed by atoms with Crippen LogP contribution in [0.25, 0.3) is 0 Å². The average Bonchev–Trinajstić information content (AvgIpc) is 2.24. The summed E-state index contributed by atoms with van der Waals surface area (Å²) in [5.41, 5.74) is -0.113. The first-order valence-corrected chi connectivity index (χ1v) is 6.74. The van der Waals surface area contributed by atoms with Crippen LogP contribution in [0.4, 0.5) is 4.79 Å². The van der Waals surface area contributed by atoms with Gasteiger partial charge < -0.3 is 15.0 Å². The summed E-state index contributed by atoms with van der Waals surface area (Å²) in [6.45, 7) is 13.5. The first kappa shape index (κ1) is 13.6. The maximum Gasteiger partial charge on any atom is 0.410 e. The molecule has 0 atom stereocenters. The summed E-state index contributed by atoms with van der Waals surface area (Å²) in [6.07, 6.45) is -0.181. The lowest BCUT2D eigenvalue weighted by atomic mass is 9.92. The zero-order valence-electron chi connectivity index (χ0n) is 12.0. The third-order valence-electron chi connectivity index (χ3n) is 3.71. The minimum Gasteiger partial charge on any atom is -0.444 e. The molecule has 5 heteroatoms. The van der Waals surface area contributed by atoms with Crippen LogP contribution in [0, 0.1) is 0 Å². The summed E-state index contributed by atoms with van der Waals surface area (Å²) in [6, 6.07) is 0. The largest absolute Gasteiger partial charge is 0.444 e. The third kappa shape index (κ3) is 2.95. The van der Waals surface area contributed by atoms with Crippen molar-refractivity contribution in [3.05, 3.63) is 0 Å². The summed E-state index contributed by atoms with van der Waals surface area (Å²) in [7, 11) is 0. The quantitative estimate of drug-likeness (QED) is 0.756. The molecule has 2 aliphatic heterocycles. The van der Waals surface area contributed by atoms with Gasteiger partial charge in [0.1, 0.15) is 5.60 Å². The molecule has 18 heavy (non-hydrogen) atoms. The summed E-state index contributed by atoms with van der Waals surface area (Å²) in [5, 5.41) is 3.32. The lowest BCUT2D eigenvalue weighted by Crippen LogP contribution is -2.70.